The quantitative estimate of drug-likeness (QED) is 0.829. The van der Waals surface area contributed by atoms with Crippen molar-refractivity contribution >= 4 is 17.4 Å². The van der Waals surface area contributed by atoms with Crippen LogP contribution in [0.1, 0.15) is 12.0 Å². The molecule has 3 heteroatoms. The third kappa shape index (κ3) is 2.11. The predicted octanol–water partition coefficient (Wildman–Crippen LogP) is 3.91. The van der Waals surface area contributed by atoms with E-state index in [1.165, 1.54) is 16.1 Å². The van der Waals surface area contributed by atoms with Gasteiger partial charge in [0.1, 0.15) is 6.23 Å². The summed E-state index contributed by atoms with van der Waals surface area (Å²) in [5.74, 6) is 0. The highest BCUT2D eigenvalue weighted by molar-refractivity contribution is 8.00. The van der Waals surface area contributed by atoms with Crippen LogP contribution in [-0.2, 0) is 11.3 Å². The highest BCUT2D eigenvalue weighted by atomic mass is 32.2. The average Bonchev–Trinajstić information content (AvgIpc) is 2.96. The minimum absolute atomic E-state index is 0.218. The van der Waals surface area contributed by atoms with Gasteiger partial charge in [-0.15, -0.1) is 11.8 Å². The van der Waals surface area contributed by atoms with Crippen LogP contribution in [-0.4, -0.2) is 18.1 Å². The lowest BCUT2D eigenvalue weighted by molar-refractivity contribution is 0.107. The van der Waals surface area contributed by atoms with Gasteiger partial charge in [0.2, 0.25) is 0 Å². The molecule has 2 aliphatic rings. The van der Waals surface area contributed by atoms with E-state index in [9.17, 15) is 0 Å². The van der Waals surface area contributed by atoms with Crippen molar-refractivity contribution in [3.63, 3.8) is 0 Å². The summed E-state index contributed by atoms with van der Waals surface area (Å²) in [5, 5.41) is 0.564. The molecule has 0 amide bonds. The largest absolute Gasteiger partial charge is 0.357 e. The van der Waals surface area contributed by atoms with Gasteiger partial charge in [-0.1, -0.05) is 42.5 Å². The van der Waals surface area contributed by atoms with Crippen LogP contribution in [0.2, 0.25) is 0 Å². The molecule has 0 spiro atoms. The first-order valence-electron chi connectivity index (χ1n) is 7.10. The molecule has 2 aromatic rings. The zero-order valence-corrected chi connectivity index (χ0v) is 12.1. The van der Waals surface area contributed by atoms with Crippen molar-refractivity contribution < 1.29 is 4.74 Å². The Kier molecular flexibility index (Phi) is 3.17. The summed E-state index contributed by atoms with van der Waals surface area (Å²) in [6, 6.07) is 19.3. The molecule has 1 saturated heterocycles. The summed E-state index contributed by atoms with van der Waals surface area (Å²) in [4.78, 5) is 3.81. The minimum Gasteiger partial charge on any atom is -0.357 e. The van der Waals surface area contributed by atoms with Crippen molar-refractivity contribution in [2.45, 2.75) is 29.3 Å². The van der Waals surface area contributed by atoms with Gasteiger partial charge in [-0.3, -0.25) is 0 Å². The molecule has 0 N–H and O–H groups in total. The molecule has 0 saturated carbocycles. The number of hydrogen-bond acceptors (Lipinski definition) is 3. The molecule has 2 heterocycles. The molecule has 0 radical (unpaired) electrons. The Morgan fingerprint density at radius 1 is 1.05 bits per heavy atom. The van der Waals surface area contributed by atoms with Crippen molar-refractivity contribution in [2.24, 2.45) is 0 Å². The highest BCUT2D eigenvalue weighted by Gasteiger charge is 2.39. The first kappa shape index (κ1) is 12.3. The zero-order chi connectivity index (χ0) is 13.4. The second kappa shape index (κ2) is 5.15. The Morgan fingerprint density at radius 3 is 2.75 bits per heavy atom. The molecule has 0 aliphatic carbocycles. The fourth-order valence-electron chi connectivity index (χ4n) is 3.01. The number of benzene rings is 2. The summed E-state index contributed by atoms with van der Waals surface area (Å²) in [5.41, 5.74) is 2.65. The Morgan fingerprint density at radius 2 is 1.85 bits per heavy atom. The van der Waals surface area contributed by atoms with E-state index < -0.39 is 0 Å². The molecule has 102 valence electrons. The van der Waals surface area contributed by atoms with Crippen molar-refractivity contribution in [2.75, 3.05) is 11.5 Å². The number of hydrogen-bond donors (Lipinski definition) is 0. The normalized spacial score (nSPS) is 24.3. The predicted molar refractivity (Wildman–Crippen MR) is 83.1 cm³/mol. The van der Waals surface area contributed by atoms with E-state index >= 15 is 0 Å². The number of nitrogens with zero attached hydrogens (tertiary/aromatic N) is 1. The average molecular weight is 283 g/mol. The minimum atomic E-state index is 0.218. The third-order valence-electron chi connectivity index (χ3n) is 3.96. The van der Waals surface area contributed by atoms with Gasteiger partial charge in [-0.05, 0) is 24.1 Å². The molecule has 2 atom stereocenters. The number of anilines is 1. The van der Waals surface area contributed by atoms with Gasteiger partial charge in [0, 0.05) is 11.4 Å². The van der Waals surface area contributed by atoms with Gasteiger partial charge in [0.25, 0.3) is 0 Å². The molecule has 20 heavy (non-hydrogen) atoms. The molecule has 4 rings (SSSR count). The number of fused-ring (bicyclic) bond motifs is 2. The maximum atomic E-state index is 6.00. The fraction of sp³-hybridized carbons (Fsp3) is 0.294. The second-order valence-corrected chi connectivity index (χ2v) is 6.57. The summed E-state index contributed by atoms with van der Waals surface area (Å²) in [7, 11) is 0. The standard InChI is InChI=1S/C17H17NOS/c1-2-6-13(7-3-1)12-18-14-8-4-5-9-15(14)20-16-10-11-19-17(16)18/h1-9,16-17H,10-12H2/t16-,17-/m1/s1. The van der Waals surface area contributed by atoms with Gasteiger partial charge in [0.15, 0.2) is 0 Å². The van der Waals surface area contributed by atoms with E-state index in [2.05, 4.69) is 59.5 Å². The van der Waals surface area contributed by atoms with Crippen LogP contribution in [0.3, 0.4) is 0 Å². The van der Waals surface area contributed by atoms with E-state index in [0.29, 0.717) is 5.25 Å². The molecule has 2 aliphatic heterocycles. The Balaban J connectivity index is 1.71. The molecular formula is C17H17NOS. The first-order chi connectivity index (χ1) is 9.92. The van der Waals surface area contributed by atoms with Gasteiger partial charge in [-0.25, -0.2) is 0 Å². The fourth-order valence-corrected chi connectivity index (χ4v) is 4.36. The number of rotatable bonds is 2. The van der Waals surface area contributed by atoms with E-state index in [0.717, 1.165) is 19.6 Å². The number of para-hydroxylation sites is 1. The lowest BCUT2D eigenvalue weighted by atomic mass is 10.1. The van der Waals surface area contributed by atoms with Crippen molar-refractivity contribution in [1.82, 2.24) is 0 Å². The Bertz CT molecular complexity index is 601. The van der Waals surface area contributed by atoms with Crippen LogP contribution in [0.25, 0.3) is 0 Å². The highest BCUT2D eigenvalue weighted by Crippen LogP contribution is 2.45. The van der Waals surface area contributed by atoms with Crippen LogP contribution in [0.15, 0.2) is 59.5 Å². The Labute approximate surface area is 123 Å². The third-order valence-corrected chi connectivity index (χ3v) is 5.34. The van der Waals surface area contributed by atoms with Crippen LogP contribution >= 0.6 is 11.8 Å². The number of ether oxygens (including phenoxy) is 1. The second-order valence-electron chi connectivity index (χ2n) is 5.29. The zero-order valence-electron chi connectivity index (χ0n) is 11.2. The summed E-state index contributed by atoms with van der Waals surface area (Å²) < 4.78 is 6.00. The molecule has 1 fully saturated rings. The lowest BCUT2D eigenvalue weighted by Crippen LogP contribution is -2.42. The van der Waals surface area contributed by atoms with E-state index in [1.54, 1.807) is 0 Å². The van der Waals surface area contributed by atoms with Crippen LogP contribution < -0.4 is 4.90 Å². The lowest BCUT2D eigenvalue weighted by Gasteiger charge is -2.39. The molecule has 2 aromatic carbocycles. The molecular weight excluding hydrogens is 266 g/mol. The van der Waals surface area contributed by atoms with Crippen LogP contribution in [0, 0.1) is 0 Å². The maximum absolute atomic E-state index is 6.00. The SMILES string of the molecule is c1ccc(CN2c3ccccc3S[C@@H]3CCO[C@H]32)cc1. The smallest absolute Gasteiger partial charge is 0.142 e. The Hall–Kier alpha value is -1.45. The van der Waals surface area contributed by atoms with Crippen molar-refractivity contribution in [1.29, 1.82) is 0 Å². The van der Waals surface area contributed by atoms with Crippen LogP contribution in [0.5, 0.6) is 0 Å². The topological polar surface area (TPSA) is 12.5 Å². The van der Waals surface area contributed by atoms with Gasteiger partial charge >= 0.3 is 0 Å². The maximum Gasteiger partial charge on any atom is 0.142 e. The van der Waals surface area contributed by atoms with Gasteiger partial charge < -0.3 is 9.64 Å². The molecule has 0 bridgehead atoms. The summed E-state index contributed by atoms with van der Waals surface area (Å²) in [6.45, 7) is 1.79. The summed E-state index contributed by atoms with van der Waals surface area (Å²) >= 11 is 1.98. The molecule has 2 nitrogen and oxygen atoms in total. The van der Waals surface area contributed by atoms with Gasteiger partial charge in [0.05, 0.1) is 17.5 Å². The van der Waals surface area contributed by atoms with E-state index in [-0.39, 0.29) is 6.23 Å². The first-order valence-corrected chi connectivity index (χ1v) is 7.98. The molecule has 0 unspecified atom stereocenters. The van der Waals surface area contributed by atoms with Gasteiger partial charge in [-0.2, -0.15) is 0 Å². The van der Waals surface area contributed by atoms with E-state index in [1.807, 2.05) is 11.8 Å². The van der Waals surface area contributed by atoms with Crippen LogP contribution in [0.4, 0.5) is 5.69 Å². The number of thioether (sulfide) groups is 1. The monoisotopic (exact) mass is 283 g/mol. The van der Waals surface area contributed by atoms with E-state index in [4.69, 9.17) is 4.74 Å². The molecule has 0 aromatic heterocycles. The van der Waals surface area contributed by atoms with Crippen molar-refractivity contribution in [3.8, 4) is 0 Å². The summed E-state index contributed by atoms with van der Waals surface area (Å²) in [6.07, 6.45) is 1.37. The van der Waals surface area contributed by atoms with Crippen molar-refractivity contribution in [3.05, 3.63) is 60.2 Å².